The first-order valence-electron chi connectivity index (χ1n) is 25.5. The molecule has 0 saturated carbocycles. The molecule has 0 aliphatic heterocycles. The van der Waals surface area contributed by atoms with Gasteiger partial charge in [0.15, 0.2) is 25.0 Å². The van der Waals surface area contributed by atoms with Crippen molar-refractivity contribution >= 4 is 687 Å². The minimum Gasteiger partial charge on any atom is -0.415 e. The Morgan fingerprint density at radius 1 is 0.198 bits per heavy atom. The highest BCUT2D eigenvalue weighted by atomic mass is 33.5. The third-order valence-corrected chi connectivity index (χ3v) is 182. The summed E-state index contributed by atoms with van der Waals surface area (Å²) in [7, 11) is 124. The van der Waals surface area contributed by atoms with E-state index in [4.69, 9.17) is 62.4 Å². The highest BCUT2D eigenvalue weighted by Gasteiger charge is 2.44. The van der Waals surface area contributed by atoms with Crippen LogP contribution >= 0.6 is 0 Å². The van der Waals surface area contributed by atoms with Crippen molar-refractivity contribution in [2.75, 3.05) is 39.6 Å². The van der Waals surface area contributed by atoms with Gasteiger partial charge in [-0.05, 0) is 54.4 Å². The second-order valence-corrected chi connectivity index (χ2v) is 162. The molecule has 0 fully saturated rings. The molecule has 0 saturated heterocycles. The molecule has 0 aliphatic carbocycles. The molecule has 0 spiro atoms. The van der Waals surface area contributed by atoms with Gasteiger partial charge < -0.3 is 40.1 Å². The van der Waals surface area contributed by atoms with E-state index in [0.717, 1.165) is 0 Å². The summed E-state index contributed by atoms with van der Waals surface area (Å²) < 4.78 is 19.6. The van der Waals surface area contributed by atoms with Gasteiger partial charge in [-0.2, -0.15) is 0 Å². The molecular formula is C26H64N2O6S74Si3. The number of aliphatic hydroxyl groups is 3. The summed E-state index contributed by atoms with van der Waals surface area (Å²) in [5.74, 6) is 0. The average molecular weight is 2960 g/mol. The Balaban J connectivity index is -0.00000257. The van der Waals surface area contributed by atoms with Gasteiger partial charge in [0.25, 0.3) is 0 Å². The minimum absolute atomic E-state index is 0.147. The summed E-state index contributed by atoms with van der Waals surface area (Å²) in [5.41, 5.74) is 10.2. The van der Waals surface area contributed by atoms with Crippen molar-refractivity contribution in [1.29, 1.82) is 0 Å². The van der Waals surface area contributed by atoms with Crippen LogP contribution in [0.2, 0.25) is 54.4 Å². The third kappa shape index (κ3) is 94.0. The van der Waals surface area contributed by atoms with Gasteiger partial charge in [-0.1, -0.05) is 62.3 Å². The topological polar surface area (TPSA) is 140 Å². The van der Waals surface area contributed by atoms with E-state index in [1.807, 2.05) is 515 Å². The Labute approximate surface area is 871 Å². The van der Waals surface area contributed by atoms with E-state index in [-0.39, 0.29) is 15.1 Å². The normalized spacial score (nSPS) is 10.2. The number of rotatable bonds is 12. The molecule has 0 aromatic heterocycles. The Bertz CT molecular complexity index is 6360. The molecule has 8 nitrogen and oxygen atoms in total. The van der Waals surface area contributed by atoms with Crippen LogP contribution in [-0.4, -0.2) is 91.0 Å². The van der Waals surface area contributed by atoms with Gasteiger partial charge in [0, 0.05) is 662 Å². The van der Waals surface area contributed by atoms with Crippen molar-refractivity contribution in [3.8, 4) is 0 Å². The van der Waals surface area contributed by atoms with Gasteiger partial charge >= 0.3 is 0 Å². The summed E-state index contributed by atoms with van der Waals surface area (Å²) in [6.45, 7) is 34.2. The summed E-state index contributed by atoms with van der Waals surface area (Å²) in [6, 6.07) is 0. The third-order valence-electron chi connectivity index (χ3n) is 10.5. The van der Waals surface area contributed by atoms with Gasteiger partial charge in [0.05, 0.1) is 50.7 Å². The van der Waals surface area contributed by atoms with Crippen molar-refractivity contribution in [2.24, 2.45) is 11.5 Å². The quantitative estimate of drug-likeness (QED) is 0.181. The van der Waals surface area contributed by atoms with E-state index in [9.17, 15) is 0 Å². The summed E-state index contributed by atoms with van der Waals surface area (Å²) in [6.07, 6.45) is 0. The fraction of sp³-hybridized carbons (Fsp3) is 1.00. The maximum absolute atomic E-state index is 8.34. The van der Waals surface area contributed by atoms with E-state index >= 15 is 0 Å². The van der Waals surface area contributed by atoms with Gasteiger partial charge in [-0.3, -0.25) is 0 Å². The van der Waals surface area contributed by atoms with Crippen LogP contribution in [0.5, 0.6) is 0 Å². The molecule has 0 aromatic rings. The first-order chi connectivity index (χ1) is 53.0. The lowest BCUT2D eigenvalue weighted by Gasteiger charge is -2.44. The van der Waals surface area contributed by atoms with Crippen LogP contribution in [0.3, 0.4) is 0 Å². The molecule has 0 unspecified atom stereocenters. The van der Waals surface area contributed by atoms with Crippen molar-refractivity contribution < 1.29 is 28.6 Å². The molecule has 0 heterocycles. The molecule has 0 aromatic carbocycles. The van der Waals surface area contributed by atoms with E-state index in [1.54, 1.807) is 107 Å². The molecule has 111 heavy (non-hydrogen) atoms. The molecule has 7 N–H and O–H groups in total. The average Bonchev–Trinajstić information content (AvgIpc) is 0.812. The molecule has 670 valence electrons. The Kier molecular flexibility index (Phi) is 112. The van der Waals surface area contributed by atoms with Crippen LogP contribution in [-0.2, 0) is 675 Å². The molecule has 0 bridgehead atoms. The van der Waals surface area contributed by atoms with Crippen LogP contribution in [0, 0.1) is 0 Å². The van der Waals surface area contributed by atoms with Gasteiger partial charge in [-0.15, -0.1) is 0 Å². The van der Waals surface area contributed by atoms with Crippen LogP contribution in [0.25, 0.3) is 0 Å². The smallest absolute Gasteiger partial charge is 0.192 e. The first kappa shape index (κ1) is 132. The summed E-state index contributed by atoms with van der Waals surface area (Å²) in [4.78, 5) is 0. The number of aliphatic hydroxyl groups excluding tert-OH is 3. The molecular weight excluding hydrogens is 2890 g/mol. The first-order valence-corrected chi connectivity index (χ1v) is 132. The van der Waals surface area contributed by atoms with E-state index < -0.39 is 55.9 Å². The highest BCUT2D eigenvalue weighted by Crippen LogP contribution is 2.40. The van der Waals surface area contributed by atoms with E-state index in [1.165, 1.54) is 17.8 Å². The zero-order valence-corrected chi connectivity index (χ0v) is 121. The predicted octanol–water partition coefficient (Wildman–Crippen LogP) is 4.23. The zero-order valence-electron chi connectivity index (χ0n) is 57.2. The fourth-order valence-corrected chi connectivity index (χ4v) is 198. The zero-order chi connectivity index (χ0) is 83.3. The lowest BCUT2D eigenvalue weighted by Crippen LogP contribution is -2.60. The standard InChI is InChI=1S/C22H53NO3Si3.C4H11NO3.S74/c1-19(2,3)27(10,11)24-16-22(23,17-25-28(12,13)20(4,5)6)18-26-29(14,15)21(7,8)9;5-4(1-6,2-7)3-8;1-3-5-7-9-11-13-15-17-19-21-23-25-27-29-31-33-35-37-39-41-43-45-47-49-51-53-55-57-59-61-63-65-67-69-71-73-74-72-70-68-66-64-62-60-58-56-54-52-50-48-46-44-42-40-38-36-34-32-30-28-26-24-22-20-18-16-14-12-10-8-6-4-2/h16-18,23H2,1-15H3;6-8H,1-3,5H2;. The van der Waals surface area contributed by atoms with Crippen molar-refractivity contribution in [3.05, 3.63) is 0 Å². The molecule has 0 atom stereocenters. The van der Waals surface area contributed by atoms with E-state index in [0.29, 0.717) is 19.8 Å². The van der Waals surface area contributed by atoms with Gasteiger partial charge in [0.1, 0.15) is 0 Å². The van der Waals surface area contributed by atoms with Gasteiger partial charge in [0.2, 0.25) is 0 Å². The lowest BCUT2D eigenvalue weighted by atomic mass is 10.1. The molecule has 0 rings (SSSR count). The largest absolute Gasteiger partial charge is 0.415 e. The molecule has 0 radical (unpaired) electrons. The van der Waals surface area contributed by atoms with Crippen LogP contribution < -0.4 is 11.5 Å². The summed E-state index contributed by atoms with van der Waals surface area (Å²) in [5, 5.41) is 25.5. The fourth-order valence-electron chi connectivity index (χ4n) is 2.69. The molecule has 0 amide bonds. The van der Waals surface area contributed by atoms with Crippen molar-refractivity contribution in [3.63, 3.8) is 0 Å². The Morgan fingerprint density at radius 3 is 0.351 bits per heavy atom. The SMILES string of the molecule is CC(C)(C)[Si](C)(C)OCC(N)(CO[Si](C)(C)C(C)(C)C)CO[Si](C)(C)C(C)(C)C.NC(CO)(CO)CO.S=S=S=S=S=S=S=S=S=S=S=S=S=S=S=S=S=S=S=S=S=S=S=S=S=S=S=S=S=S=S=S=S=S=S=S=S=S=S=S=S=S=S=S=S=S=S=S=S=S=S=S=S=S=S=S=S=S=S=S=S=S=S=S=S=S=S=S=S=S=S=S=S=S. The Hall–Kier alpha value is 16.6. The van der Waals surface area contributed by atoms with Crippen LogP contribution in [0.4, 0.5) is 0 Å². The van der Waals surface area contributed by atoms with Crippen LogP contribution in [0.1, 0.15) is 62.3 Å². The lowest BCUT2D eigenvalue weighted by molar-refractivity contribution is 0.0697. The number of hydrogen-bond donors (Lipinski definition) is 5. The maximum Gasteiger partial charge on any atom is 0.192 e. The second-order valence-electron chi connectivity index (χ2n) is 20.2. The highest BCUT2D eigenvalue weighted by molar-refractivity contribution is 8.85. The van der Waals surface area contributed by atoms with E-state index in [2.05, 4.69) is 102 Å². The minimum atomic E-state index is -1.91. The monoisotopic (exact) mass is 2950 g/mol. The number of hydrogen-bond acceptors (Lipinski definition) is 10. The maximum atomic E-state index is 8.34. The van der Waals surface area contributed by atoms with Crippen LogP contribution in [0.15, 0.2) is 0 Å². The molecule has 85 heteroatoms. The van der Waals surface area contributed by atoms with Gasteiger partial charge in [-0.25, -0.2) is 0 Å². The number of nitrogens with two attached hydrogens (primary N) is 2. The second kappa shape index (κ2) is 94.2. The Morgan fingerprint density at radius 2 is 0.288 bits per heavy atom. The predicted molar refractivity (Wildman–Crippen MR) is 710 cm³/mol. The molecule has 0 aliphatic rings. The van der Waals surface area contributed by atoms with Crippen molar-refractivity contribution in [1.82, 2.24) is 0 Å². The summed E-state index contributed by atoms with van der Waals surface area (Å²) >= 11 is 9.65. The van der Waals surface area contributed by atoms with Crippen molar-refractivity contribution in [2.45, 2.75) is 128 Å².